The van der Waals surface area contributed by atoms with Crippen molar-refractivity contribution >= 4 is 32.6 Å². The fourth-order valence-corrected chi connectivity index (χ4v) is 4.84. The Kier molecular flexibility index (Phi) is 4.62. The first-order valence-corrected chi connectivity index (χ1v) is 10.5. The molecular formula is C21H22N4O2S. The molecule has 5 rings (SSSR count). The summed E-state index contributed by atoms with van der Waals surface area (Å²) in [4.78, 5) is 19.9. The maximum absolute atomic E-state index is 12.9. The number of benzene rings is 2. The van der Waals surface area contributed by atoms with E-state index in [1.54, 1.807) is 11.3 Å². The van der Waals surface area contributed by atoms with Gasteiger partial charge in [-0.2, -0.15) is 0 Å². The van der Waals surface area contributed by atoms with Gasteiger partial charge in [-0.25, -0.2) is 4.98 Å². The molecule has 2 N–H and O–H groups in total. The number of carbonyl (C=O) groups is 1. The van der Waals surface area contributed by atoms with Crippen molar-refractivity contribution in [2.45, 2.75) is 12.5 Å². The summed E-state index contributed by atoms with van der Waals surface area (Å²) in [6.07, 6.45) is 0.776. The molecule has 2 aliphatic heterocycles. The third-order valence-electron chi connectivity index (χ3n) is 5.29. The van der Waals surface area contributed by atoms with E-state index in [9.17, 15) is 4.79 Å². The second kappa shape index (κ2) is 7.41. The van der Waals surface area contributed by atoms with E-state index in [1.165, 1.54) is 0 Å². The zero-order chi connectivity index (χ0) is 18.9. The Morgan fingerprint density at radius 3 is 2.96 bits per heavy atom. The number of para-hydroxylation sites is 1. The number of amides is 1. The number of aromatic nitrogens is 1. The van der Waals surface area contributed by atoms with Crippen molar-refractivity contribution in [3.8, 4) is 5.75 Å². The number of hydrogen-bond donors (Lipinski definition) is 2. The largest absolute Gasteiger partial charge is 0.493 e. The molecular weight excluding hydrogens is 372 g/mol. The van der Waals surface area contributed by atoms with Crippen molar-refractivity contribution in [3.05, 3.63) is 53.6 Å². The summed E-state index contributed by atoms with van der Waals surface area (Å²) in [5, 5.41) is 7.57. The zero-order valence-electron chi connectivity index (χ0n) is 15.5. The van der Waals surface area contributed by atoms with Crippen LogP contribution in [0.15, 0.2) is 42.5 Å². The van der Waals surface area contributed by atoms with Crippen LogP contribution in [0.25, 0.3) is 10.2 Å². The molecule has 1 fully saturated rings. The predicted molar refractivity (Wildman–Crippen MR) is 111 cm³/mol. The molecule has 0 aliphatic carbocycles. The van der Waals surface area contributed by atoms with E-state index in [2.05, 4.69) is 15.5 Å². The molecule has 1 unspecified atom stereocenters. The Labute approximate surface area is 167 Å². The van der Waals surface area contributed by atoms with E-state index in [0.29, 0.717) is 12.2 Å². The number of rotatable bonds is 3. The van der Waals surface area contributed by atoms with Crippen LogP contribution in [0.2, 0.25) is 0 Å². The van der Waals surface area contributed by atoms with Crippen LogP contribution in [0.4, 0.5) is 5.13 Å². The highest BCUT2D eigenvalue weighted by molar-refractivity contribution is 7.22. The van der Waals surface area contributed by atoms with E-state index in [4.69, 9.17) is 9.72 Å². The summed E-state index contributed by atoms with van der Waals surface area (Å²) in [6.45, 7) is 4.52. The summed E-state index contributed by atoms with van der Waals surface area (Å²) in [5.74, 6) is 0.804. The molecule has 1 aromatic heterocycles. The van der Waals surface area contributed by atoms with Gasteiger partial charge in [0.2, 0.25) is 0 Å². The fraction of sp³-hybridized carbons (Fsp3) is 0.333. The number of nitrogens with zero attached hydrogens (tertiary/aromatic N) is 2. The molecule has 3 heterocycles. The Balaban J connectivity index is 1.36. The normalized spacial score (nSPS) is 19.1. The van der Waals surface area contributed by atoms with Crippen LogP contribution in [0.3, 0.4) is 0 Å². The number of carbonyl (C=O) groups excluding carboxylic acids is 1. The Morgan fingerprint density at radius 2 is 2.07 bits per heavy atom. The minimum atomic E-state index is -0.0549. The average molecular weight is 395 g/mol. The summed E-state index contributed by atoms with van der Waals surface area (Å²) < 4.78 is 6.74. The first kappa shape index (κ1) is 17.5. The lowest BCUT2D eigenvalue weighted by Gasteiger charge is -2.26. The van der Waals surface area contributed by atoms with Gasteiger partial charge in [0.15, 0.2) is 5.13 Å². The highest BCUT2D eigenvalue weighted by Crippen LogP contribution is 2.33. The topological polar surface area (TPSA) is 66.5 Å². The Hall–Kier alpha value is -2.64. The third-order valence-corrected chi connectivity index (χ3v) is 6.37. The van der Waals surface area contributed by atoms with E-state index in [-0.39, 0.29) is 11.9 Å². The van der Waals surface area contributed by atoms with Crippen LogP contribution in [0.1, 0.15) is 28.4 Å². The van der Waals surface area contributed by atoms with E-state index < -0.39 is 0 Å². The van der Waals surface area contributed by atoms with E-state index in [0.717, 1.165) is 59.3 Å². The monoisotopic (exact) mass is 394 g/mol. The van der Waals surface area contributed by atoms with Crippen molar-refractivity contribution < 1.29 is 9.53 Å². The minimum Gasteiger partial charge on any atom is -0.493 e. The molecule has 28 heavy (non-hydrogen) atoms. The van der Waals surface area contributed by atoms with Crippen LogP contribution in [-0.4, -0.2) is 43.7 Å². The fourth-order valence-electron chi connectivity index (χ4n) is 3.78. The molecule has 0 spiro atoms. The van der Waals surface area contributed by atoms with Gasteiger partial charge in [0.25, 0.3) is 5.91 Å². The van der Waals surface area contributed by atoms with Gasteiger partial charge in [0, 0.05) is 43.7 Å². The molecule has 6 nitrogen and oxygen atoms in total. The quantitative estimate of drug-likeness (QED) is 0.715. The molecule has 0 saturated carbocycles. The van der Waals surface area contributed by atoms with Crippen LogP contribution in [0.5, 0.6) is 5.75 Å². The van der Waals surface area contributed by atoms with Crippen LogP contribution in [-0.2, 0) is 0 Å². The van der Waals surface area contributed by atoms with Crippen molar-refractivity contribution in [3.63, 3.8) is 0 Å². The number of anilines is 1. The molecule has 2 aromatic carbocycles. The summed E-state index contributed by atoms with van der Waals surface area (Å²) in [5.41, 5.74) is 2.67. The third kappa shape index (κ3) is 3.31. The Morgan fingerprint density at radius 1 is 1.21 bits per heavy atom. The average Bonchev–Trinajstić information content (AvgIpc) is 3.18. The van der Waals surface area contributed by atoms with Gasteiger partial charge in [0.1, 0.15) is 5.75 Å². The molecule has 3 aromatic rings. The molecule has 7 heteroatoms. The maximum Gasteiger partial charge on any atom is 0.251 e. The molecule has 2 aliphatic rings. The van der Waals surface area contributed by atoms with Crippen molar-refractivity contribution in [1.29, 1.82) is 0 Å². The zero-order valence-corrected chi connectivity index (χ0v) is 16.3. The van der Waals surface area contributed by atoms with E-state index in [1.807, 2.05) is 42.5 Å². The van der Waals surface area contributed by atoms with Crippen molar-refractivity contribution in [1.82, 2.24) is 15.6 Å². The first-order valence-electron chi connectivity index (χ1n) is 9.67. The number of hydrogen-bond acceptors (Lipinski definition) is 6. The van der Waals surface area contributed by atoms with Gasteiger partial charge in [-0.3, -0.25) is 4.79 Å². The molecule has 1 saturated heterocycles. The number of fused-ring (bicyclic) bond motifs is 2. The minimum absolute atomic E-state index is 0.0222. The first-order chi connectivity index (χ1) is 13.8. The number of nitrogens with one attached hydrogen (secondary N) is 2. The van der Waals surface area contributed by atoms with Crippen molar-refractivity contribution in [2.75, 3.05) is 37.7 Å². The lowest BCUT2D eigenvalue weighted by molar-refractivity contribution is 0.0925. The second-order valence-electron chi connectivity index (χ2n) is 7.12. The van der Waals surface area contributed by atoms with Crippen LogP contribution < -0.4 is 20.3 Å². The smallest absolute Gasteiger partial charge is 0.251 e. The highest BCUT2D eigenvalue weighted by Gasteiger charge is 2.23. The lowest BCUT2D eigenvalue weighted by atomic mass is 10.00. The van der Waals surface area contributed by atoms with Gasteiger partial charge in [-0.05, 0) is 24.3 Å². The van der Waals surface area contributed by atoms with Gasteiger partial charge in [0.05, 0.1) is 22.9 Å². The number of ether oxygens (including phenoxy) is 1. The second-order valence-corrected chi connectivity index (χ2v) is 8.13. The van der Waals surface area contributed by atoms with E-state index >= 15 is 0 Å². The molecule has 0 bridgehead atoms. The predicted octanol–water partition coefficient (Wildman–Crippen LogP) is 2.96. The summed E-state index contributed by atoms with van der Waals surface area (Å²) in [7, 11) is 0. The van der Waals surface area contributed by atoms with Crippen LogP contribution in [0, 0.1) is 0 Å². The summed E-state index contributed by atoms with van der Waals surface area (Å²) >= 11 is 1.66. The van der Waals surface area contributed by atoms with Gasteiger partial charge in [-0.15, -0.1) is 0 Å². The lowest BCUT2D eigenvalue weighted by Crippen LogP contribution is -2.43. The molecule has 1 atom stereocenters. The Bertz CT molecular complexity index is 1010. The van der Waals surface area contributed by atoms with Gasteiger partial charge < -0.3 is 20.3 Å². The van der Waals surface area contributed by atoms with Crippen LogP contribution >= 0.6 is 11.3 Å². The SMILES string of the molecule is O=C(NC1CCOc2ccccc21)c1ccc2nc(N3CCNCC3)sc2c1. The van der Waals surface area contributed by atoms with Crippen molar-refractivity contribution in [2.24, 2.45) is 0 Å². The molecule has 0 radical (unpaired) electrons. The van der Waals surface area contributed by atoms with Gasteiger partial charge in [-0.1, -0.05) is 29.5 Å². The number of piperazine rings is 1. The molecule has 1 amide bonds. The molecule has 144 valence electrons. The highest BCUT2D eigenvalue weighted by atomic mass is 32.1. The summed E-state index contributed by atoms with van der Waals surface area (Å²) in [6, 6.07) is 13.7. The maximum atomic E-state index is 12.9. The van der Waals surface area contributed by atoms with Gasteiger partial charge >= 0.3 is 0 Å². The number of thiazole rings is 1. The standard InChI is InChI=1S/C21H22N4O2S/c26-20(23-16-7-12-27-18-4-2-1-3-15(16)18)14-5-6-17-19(13-14)28-21(24-17)25-10-8-22-9-11-25/h1-6,13,16,22H,7-12H2,(H,23,26).